The SMILES string of the molecule is CNCCN(C)CCCOC(=O)c1cc(OC)c(OC)c(OC)c1. The van der Waals surface area contributed by atoms with Crippen LogP contribution in [0.5, 0.6) is 17.2 Å². The molecule has 0 unspecified atom stereocenters. The van der Waals surface area contributed by atoms with Crippen molar-refractivity contribution in [3.63, 3.8) is 0 Å². The molecule has 0 saturated heterocycles. The third kappa shape index (κ3) is 5.90. The number of hydrogen-bond donors (Lipinski definition) is 1. The van der Waals surface area contributed by atoms with Gasteiger partial charge in [-0.15, -0.1) is 0 Å². The Hall–Kier alpha value is -1.99. The van der Waals surface area contributed by atoms with Gasteiger partial charge in [-0.25, -0.2) is 4.79 Å². The second kappa shape index (κ2) is 10.7. The fourth-order valence-electron chi connectivity index (χ4n) is 2.20. The average Bonchev–Trinajstić information content (AvgIpc) is 2.61. The molecule has 1 rings (SSSR count). The number of carbonyl (C=O) groups is 1. The first-order valence-corrected chi connectivity index (χ1v) is 7.87. The molecule has 0 spiro atoms. The molecule has 136 valence electrons. The average molecular weight is 340 g/mol. The molecule has 0 aromatic heterocycles. The number of benzene rings is 1. The van der Waals surface area contributed by atoms with Crippen LogP contribution in [0.2, 0.25) is 0 Å². The standard InChI is InChI=1S/C17H28N2O5/c1-18-7-9-19(2)8-6-10-24-17(20)13-11-14(21-3)16(23-5)15(12-13)22-4/h11-12,18H,6-10H2,1-5H3. The summed E-state index contributed by atoms with van der Waals surface area (Å²) in [6.45, 7) is 3.11. The molecule has 0 radical (unpaired) electrons. The summed E-state index contributed by atoms with van der Waals surface area (Å²) in [6, 6.07) is 3.17. The monoisotopic (exact) mass is 340 g/mol. The third-order valence-electron chi connectivity index (χ3n) is 3.56. The zero-order valence-electron chi connectivity index (χ0n) is 15.2. The van der Waals surface area contributed by atoms with Crippen molar-refractivity contribution in [2.75, 3.05) is 61.7 Å². The molecule has 0 aliphatic carbocycles. The molecule has 0 heterocycles. The van der Waals surface area contributed by atoms with Gasteiger partial charge in [0, 0.05) is 19.6 Å². The summed E-state index contributed by atoms with van der Waals surface area (Å²) in [6.07, 6.45) is 0.774. The highest BCUT2D eigenvalue weighted by molar-refractivity contribution is 5.91. The van der Waals surface area contributed by atoms with E-state index in [-0.39, 0.29) is 0 Å². The maximum absolute atomic E-state index is 12.2. The molecule has 7 heteroatoms. The molecule has 0 saturated carbocycles. The molecule has 24 heavy (non-hydrogen) atoms. The minimum Gasteiger partial charge on any atom is -0.493 e. The first-order chi connectivity index (χ1) is 11.6. The Labute approximate surface area is 143 Å². The van der Waals surface area contributed by atoms with Crippen LogP contribution in [0.4, 0.5) is 0 Å². The first-order valence-electron chi connectivity index (χ1n) is 7.87. The van der Waals surface area contributed by atoms with E-state index in [1.165, 1.54) is 21.3 Å². The van der Waals surface area contributed by atoms with Gasteiger partial charge in [-0.2, -0.15) is 0 Å². The fraction of sp³-hybridized carbons (Fsp3) is 0.588. The maximum atomic E-state index is 12.2. The van der Waals surface area contributed by atoms with Crippen molar-refractivity contribution in [1.82, 2.24) is 10.2 Å². The Balaban J connectivity index is 2.59. The van der Waals surface area contributed by atoms with Gasteiger partial charge in [-0.1, -0.05) is 0 Å². The Morgan fingerprint density at radius 1 is 1.08 bits per heavy atom. The second-order valence-corrected chi connectivity index (χ2v) is 5.31. The predicted octanol–water partition coefficient (Wildman–Crippen LogP) is 1.41. The van der Waals surface area contributed by atoms with Crippen LogP contribution in [0.3, 0.4) is 0 Å². The van der Waals surface area contributed by atoms with Gasteiger partial charge in [0.25, 0.3) is 0 Å². The summed E-state index contributed by atoms with van der Waals surface area (Å²) in [7, 11) is 8.50. The normalized spacial score (nSPS) is 10.6. The Morgan fingerprint density at radius 3 is 2.21 bits per heavy atom. The lowest BCUT2D eigenvalue weighted by atomic mass is 10.2. The van der Waals surface area contributed by atoms with Crippen LogP contribution < -0.4 is 19.5 Å². The summed E-state index contributed by atoms with van der Waals surface area (Å²) >= 11 is 0. The number of carbonyl (C=O) groups excluding carboxylic acids is 1. The number of hydrogen-bond acceptors (Lipinski definition) is 7. The lowest BCUT2D eigenvalue weighted by Crippen LogP contribution is -2.28. The van der Waals surface area contributed by atoms with Crippen LogP contribution in [0, 0.1) is 0 Å². The number of esters is 1. The van der Waals surface area contributed by atoms with E-state index < -0.39 is 5.97 Å². The van der Waals surface area contributed by atoms with Crippen LogP contribution in [0.15, 0.2) is 12.1 Å². The van der Waals surface area contributed by atoms with Gasteiger partial charge in [-0.3, -0.25) is 0 Å². The minimum atomic E-state index is -0.410. The van der Waals surface area contributed by atoms with Crippen LogP contribution >= 0.6 is 0 Å². The number of nitrogens with zero attached hydrogens (tertiary/aromatic N) is 1. The van der Waals surface area contributed by atoms with Gasteiger partial charge >= 0.3 is 5.97 Å². The van der Waals surface area contributed by atoms with Crippen molar-refractivity contribution in [3.05, 3.63) is 17.7 Å². The van der Waals surface area contributed by atoms with Crippen LogP contribution in [0.25, 0.3) is 0 Å². The molecule has 0 aliphatic rings. The molecule has 7 nitrogen and oxygen atoms in total. The van der Waals surface area contributed by atoms with Gasteiger partial charge < -0.3 is 29.2 Å². The van der Waals surface area contributed by atoms with Crippen molar-refractivity contribution in [2.45, 2.75) is 6.42 Å². The maximum Gasteiger partial charge on any atom is 0.338 e. The molecule has 0 atom stereocenters. The first kappa shape index (κ1) is 20.1. The van der Waals surface area contributed by atoms with Crippen LogP contribution in [-0.2, 0) is 4.74 Å². The van der Waals surface area contributed by atoms with Gasteiger partial charge in [0.15, 0.2) is 11.5 Å². The molecule has 0 fully saturated rings. The molecule has 0 amide bonds. The number of methoxy groups -OCH3 is 3. The van der Waals surface area contributed by atoms with Gasteiger partial charge in [-0.05, 0) is 32.6 Å². The lowest BCUT2D eigenvalue weighted by molar-refractivity contribution is 0.0490. The summed E-state index contributed by atoms with van der Waals surface area (Å²) in [4.78, 5) is 14.4. The van der Waals surface area contributed by atoms with Crippen LogP contribution in [0.1, 0.15) is 16.8 Å². The largest absolute Gasteiger partial charge is 0.493 e. The third-order valence-corrected chi connectivity index (χ3v) is 3.56. The van der Waals surface area contributed by atoms with Crippen molar-refractivity contribution in [1.29, 1.82) is 0 Å². The highest BCUT2D eigenvalue weighted by atomic mass is 16.5. The van der Waals surface area contributed by atoms with Gasteiger partial charge in [0.2, 0.25) is 5.75 Å². The number of rotatable bonds is 11. The Kier molecular flexibility index (Phi) is 8.96. The molecular formula is C17H28N2O5. The minimum absolute atomic E-state index is 0.361. The van der Waals surface area contributed by atoms with E-state index in [0.717, 1.165) is 26.1 Å². The summed E-state index contributed by atoms with van der Waals surface area (Å²) in [5.74, 6) is 0.890. The highest BCUT2D eigenvalue weighted by Crippen LogP contribution is 2.38. The van der Waals surface area contributed by atoms with E-state index >= 15 is 0 Å². The summed E-state index contributed by atoms with van der Waals surface area (Å²) in [5, 5.41) is 3.10. The van der Waals surface area contributed by atoms with Crippen LogP contribution in [-0.4, -0.2) is 72.5 Å². The van der Waals surface area contributed by atoms with E-state index in [0.29, 0.717) is 29.4 Å². The van der Waals surface area contributed by atoms with Gasteiger partial charge in [0.05, 0.1) is 33.5 Å². The molecule has 0 aliphatic heterocycles. The van der Waals surface area contributed by atoms with Crippen molar-refractivity contribution < 1.29 is 23.7 Å². The molecule has 0 bridgehead atoms. The van der Waals surface area contributed by atoms with Gasteiger partial charge in [0.1, 0.15) is 0 Å². The molecule has 1 aromatic carbocycles. The van der Waals surface area contributed by atoms with E-state index in [1.54, 1.807) is 12.1 Å². The Bertz CT molecular complexity index is 497. The topological polar surface area (TPSA) is 69.3 Å². The summed E-state index contributed by atoms with van der Waals surface area (Å²) < 4.78 is 21.0. The molecule has 1 aromatic rings. The zero-order valence-corrected chi connectivity index (χ0v) is 15.2. The highest BCUT2D eigenvalue weighted by Gasteiger charge is 2.17. The predicted molar refractivity (Wildman–Crippen MR) is 92.4 cm³/mol. The van der Waals surface area contributed by atoms with E-state index in [4.69, 9.17) is 18.9 Å². The van der Waals surface area contributed by atoms with E-state index in [1.807, 2.05) is 14.1 Å². The number of nitrogens with one attached hydrogen (secondary N) is 1. The van der Waals surface area contributed by atoms with Crippen molar-refractivity contribution in [2.24, 2.45) is 0 Å². The second-order valence-electron chi connectivity index (χ2n) is 5.31. The number of ether oxygens (including phenoxy) is 4. The molecular weight excluding hydrogens is 312 g/mol. The smallest absolute Gasteiger partial charge is 0.338 e. The van der Waals surface area contributed by atoms with E-state index in [9.17, 15) is 4.79 Å². The quantitative estimate of drug-likeness (QED) is 0.482. The molecule has 1 N–H and O–H groups in total. The van der Waals surface area contributed by atoms with E-state index in [2.05, 4.69) is 10.2 Å². The summed E-state index contributed by atoms with van der Waals surface area (Å²) in [5.41, 5.74) is 0.369. The zero-order chi connectivity index (χ0) is 17.9. The van der Waals surface area contributed by atoms with Crippen molar-refractivity contribution >= 4 is 5.97 Å². The fourth-order valence-corrected chi connectivity index (χ4v) is 2.20. The lowest BCUT2D eigenvalue weighted by Gasteiger charge is -2.16. The van der Waals surface area contributed by atoms with Crippen molar-refractivity contribution in [3.8, 4) is 17.2 Å². The Morgan fingerprint density at radius 2 is 1.71 bits per heavy atom. The number of likely N-dealkylation sites (N-methyl/N-ethyl adjacent to an activating group) is 2.